The fourth-order valence-electron chi connectivity index (χ4n) is 3.48. The lowest BCUT2D eigenvalue weighted by Gasteiger charge is -2.35. The van der Waals surface area contributed by atoms with Crippen LogP contribution < -0.4 is 20.7 Å². The molecule has 2 N–H and O–H groups in total. The van der Waals surface area contributed by atoms with E-state index in [9.17, 15) is 18.8 Å². The number of nitrogens with one attached hydrogen (secondary N) is 2. The molecule has 0 bridgehead atoms. The van der Waals surface area contributed by atoms with Crippen LogP contribution in [0.5, 0.6) is 5.75 Å². The number of hydrogen-bond donors (Lipinski definition) is 2. The summed E-state index contributed by atoms with van der Waals surface area (Å²) >= 11 is 0. The Labute approximate surface area is 176 Å². The number of H-pyrrole nitrogens is 1. The van der Waals surface area contributed by atoms with Crippen molar-refractivity contribution in [2.24, 2.45) is 0 Å². The number of aromatic amines is 1. The summed E-state index contributed by atoms with van der Waals surface area (Å²) in [5.41, 5.74) is 1.82. The molecule has 31 heavy (non-hydrogen) atoms. The first-order chi connectivity index (χ1) is 14.9. The lowest BCUT2D eigenvalue weighted by Crippen LogP contribution is -2.51. The minimum atomic E-state index is -0.780. The van der Waals surface area contributed by atoms with Crippen LogP contribution >= 0.6 is 0 Å². The van der Waals surface area contributed by atoms with Crippen LogP contribution in [0.4, 0.5) is 15.8 Å². The number of amides is 2. The smallest absolute Gasteiger partial charge is 0.417 e. The van der Waals surface area contributed by atoms with Gasteiger partial charge in [-0.1, -0.05) is 0 Å². The SMILES string of the molecule is CCOc1ccc(N2CCN(C(=O)C(=O)Nc3ccc4[nH]c(=O)oc4c3)CC2)cc1F. The lowest BCUT2D eigenvalue weighted by molar-refractivity contribution is -0.143. The van der Waals surface area contributed by atoms with E-state index >= 15 is 0 Å². The quantitative estimate of drug-likeness (QED) is 0.615. The Morgan fingerprint density at radius 3 is 2.65 bits per heavy atom. The summed E-state index contributed by atoms with van der Waals surface area (Å²) in [6.45, 7) is 3.75. The third-order valence-electron chi connectivity index (χ3n) is 5.02. The maximum absolute atomic E-state index is 14.1. The predicted molar refractivity (Wildman–Crippen MR) is 112 cm³/mol. The molecule has 1 fully saturated rings. The summed E-state index contributed by atoms with van der Waals surface area (Å²) in [5, 5.41) is 2.53. The highest BCUT2D eigenvalue weighted by Gasteiger charge is 2.26. The Morgan fingerprint density at radius 1 is 1.16 bits per heavy atom. The van der Waals surface area contributed by atoms with Gasteiger partial charge in [0.05, 0.1) is 12.1 Å². The standard InChI is InChI=1S/C21H21FN4O5/c1-2-30-17-6-4-14(12-15(17)22)25-7-9-26(10-8-25)20(28)19(27)23-13-3-5-16-18(11-13)31-21(29)24-16/h3-6,11-12H,2,7-10H2,1H3,(H,23,27)(H,24,29). The number of carbonyl (C=O) groups is 2. The van der Waals surface area contributed by atoms with Crippen LogP contribution in [0.2, 0.25) is 0 Å². The van der Waals surface area contributed by atoms with E-state index in [2.05, 4.69) is 10.3 Å². The molecule has 0 radical (unpaired) electrons. The van der Waals surface area contributed by atoms with Gasteiger partial charge in [-0.25, -0.2) is 9.18 Å². The molecule has 1 saturated heterocycles. The van der Waals surface area contributed by atoms with E-state index in [1.165, 1.54) is 17.0 Å². The van der Waals surface area contributed by atoms with Crippen LogP contribution in [-0.2, 0) is 9.59 Å². The summed E-state index contributed by atoms with van der Waals surface area (Å²) < 4.78 is 24.3. The van der Waals surface area contributed by atoms with Gasteiger partial charge < -0.3 is 24.3 Å². The molecule has 2 amide bonds. The van der Waals surface area contributed by atoms with Gasteiger partial charge in [0.15, 0.2) is 17.1 Å². The van der Waals surface area contributed by atoms with Crippen LogP contribution in [0.15, 0.2) is 45.6 Å². The lowest BCUT2D eigenvalue weighted by atomic mass is 10.2. The topological polar surface area (TPSA) is 108 Å². The monoisotopic (exact) mass is 428 g/mol. The maximum atomic E-state index is 14.1. The molecular weight excluding hydrogens is 407 g/mol. The van der Waals surface area contributed by atoms with Crippen molar-refractivity contribution in [3.8, 4) is 5.75 Å². The molecular formula is C21H21FN4O5. The molecule has 2 heterocycles. The van der Waals surface area contributed by atoms with Gasteiger partial charge in [0.2, 0.25) is 0 Å². The van der Waals surface area contributed by atoms with Crippen molar-refractivity contribution in [1.82, 2.24) is 9.88 Å². The number of halogens is 1. The first kappa shape index (κ1) is 20.5. The molecule has 10 heteroatoms. The average Bonchev–Trinajstić information content (AvgIpc) is 3.14. The largest absolute Gasteiger partial charge is 0.491 e. The fourth-order valence-corrected chi connectivity index (χ4v) is 3.48. The second kappa shape index (κ2) is 8.50. The molecule has 1 aromatic heterocycles. The number of carbonyl (C=O) groups excluding carboxylic acids is 2. The Morgan fingerprint density at radius 2 is 1.94 bits per heavy atom. The van der Waals surface area contributed by atoms with Crippen molar-refractivity contribution in [2.45, 2.75) is 6.92 Å². The van der Waals surface area contributed by atoms with Crippen molar-refractivity contribution in [2.75, 3.05) is 43.0 Å². The highest BCUT2D eigenvalue weighted by Crippen LogP contribution is 2.25. The maximum Gasteiger partial charge on any atom is 0.417 e. The summed E-state index contributed by atoms with van der Waals surface area (Å²) in [5.74, 6) is -2.27. The number of ether oxygens (including phenoxy) is 1. The third kappa shape index (κ3) is 4.37. The minimum absolute atomic E-state index is 0.203. The van der Waals surface area contributed by atoms with E-state index in [-0.39, 0.29) is 11.3 Å². The number of anilines is 2. The van der Waals surface area contributed by atoms with Crippen LogP contribution in [0.1, 0.15) is 6.92 Å². The van der Waals surface area contributed by atoms with Gasteiger partial charge in [0.25, 0.3) is 0 Å². The van der Waals surface area contributed by atoms with Crippen molar-refractivity contribution in [3.63, 3.8) is 0 Å². The van der Waals surface area contributed by atoms with Crippen LogP contribution in [0.25, 0.3) is 11.1 Å². The van der Waals surface area contributed by atoms with Gasteiger partial charge in [0.1, 0.15) is 0 Å². The van der Waals surface area contributed by atoms with Crippen LogP contribution in [0.3, 0.4) is 0 Å². The first-order valence-corrected chi connectivity index (χ1v) is 9.85. The van der Waals surface area contributed by atoms with E-state index in [0.717, 1.165) is 0 Å². The Hall–Kier alpha value is -3.82. The number of oxazole rings is 1. The molecule has 0 spiro atoms. The fraction of sp³-hybridized carbons (Fsp3) is 0.286. The third-order valence-corrected chi connectivity index (χ3v) is 5.02. The van der Waals surface area contributed by atoms with Gasteiger partial charge >= 0.3 is 17.6 Å². The summed E-state index contributed by atoms with van der Waals surface area (Å²) in [6.07, 6.45) is 0. The number of piperazine rings is 1. The highest BCUT2D eigenvalue weighted by molar-refractivity contribution is 6.39. The first-order valence-electron chi connectivity index (χ1n) is 9.85. The van der Waals surface area contributed by atoms with Crippen LogP contribution in [-0.4, -0.2) is 54.5 Å². The van der Waals surface area contributed by atoms with Gasteiger partial charge in [-0.3, -0.25) is 14.6 Å². The normalized spacial score (nSPS) is 14.0. The van der Waals surface area contributed by atoms with E-state index in [1.54, 1.807) is 31.2 Å². The summed E-state index contributed by atoms with van der Waals surface area (Å²) in [6, 6.07) is 9.38. The molecule has 1 aliphatic heterocycles. The van der Waals surface area contributed by atoms with Crippen molar-refractivity contribution >= 4 is 34.3 Å². The second-order valence-electron chi connectivity index (χ2n) is 7.01. The molecule has 1 aliphatic rings. The van der Waals surface area contributed by atoms with Gasteiger partial charge in [-0.15, -0.1) is 0 Å². The molecule has 0 aliphatic carbocycles. The predicted octanol–water partition coefficient (Wildman–Crippen LogP) is 1.95. The second-order valence-corrected chi connectivity index (χ2v) is 7.01. The molecule has 0 atom stereocenters. The van der Waals surface area contributed by atoms with E-state index in [4.69, 9.17) is 9.15 Å². The molecule has 4 rings (SSSR count). The van der Waals surface area contributed by atoms with E-state index in [1.807, 2.05) is 4.90 Å². The van der Waals surface area contributed by atoms with Gasteiger partial charge in [0, 0.05) is 49.7 Å². The molecule has 0 unspecified atom stereocenters. The highest BCUT2D eigenvalue weighted by atomic mass is 19.1. The molecule has 0 saturated carbocycles. The summed E-state index contributed by atoms with van der Waals surface area (Å²) in [7, 11) is 0. The number of fused-ring (bicyclic) bond motifs is 1. The average molecular weight is 428 g/mol. The van der Waals surface area contributed by atoms with Crippen LogP contribution in [0, 0.1) is 5.82 Å². The minimum Gasteiger partial charge on any atom is -0.491 e. The number of rotatable bonds is 4. The van der Waals surface area contributed by atoms with Gasteiger partial charge in [-0.05, 0) is 31.2 Å². The molecule has 2 aromatic carbocycles. The van der Waals surface area contributed by atoms with Gasteiger partial charge in [-0.2, -0.15) is 0 Å². The Bertz CT molecular complexity index is 1180. The van der Waals surface area contributed by atoms with Crippen molar-refractivity contribution in [1.29, 1.82) is 0 Å². The number of hydrogen-bond acceptors (Lipinski definition) is 6. The number of nitrogens with zero attached hydrogens (tertiary/aromatic N) is 2. The van der Waals surface area contributed by atoms with E-state index < -0.39 is 23.4 Å². The molecule has 9 nitrogen and oxygen atoms in total. The Kier molecular flexibility index (Phi) is 5.61. The number of aromatic nitrogens is 1. The Balaban J connectivity index is 1.35. The molecule has 162 valence electrons. The zero-order valence-electron chi connectivity index (χ0n) is 16.8. The number of benzene rings is 2. The zero-order valence-corrected chi connectivity index (χ0v) is 16.8. The van der Waals surface area contributed by atoms with E-state index in [0.29, 0.717) is 49.7 Å². The van der Waals surface area contributed by atoms with Crippen molar-refractivity contribution < 1.29 is 23.1 Å². The molecule has 3 aromatic rings. The summed E-state index contributed by atoms with van der Waals surface area (Å²) in [4.78, 5) is 42.0. The van der Waals surface area contributed by atoms with Crippen molar-refractivity contribution in [3.05, 3.63) is 52.8 Å². The zero-order chi connectivity index (χ0) is 22.0.